The first-order valence-electron chi connectivity index (χ1n) is 11.6. The largest absolute Gasteiger partial charge is 0.481 e. The van der Waals surface area contributed by atoms with Gasteiger partial charge in [-0.2, -0.15) is 18.2 Å². The van der Waals surface area contributed by atoms with E-state index in [1.165, 1.54) is 0 Å². The van der Waals surface area contributed by atoms with Crippen LogP contribution in [0.25, 0.3) is 11.2 Å². The van der Waals surface area contributed by atoms with Crippen molar-refractivity contribution in [3.8, 4) is 5.88 Å². The molecule has 4 heterocycles. The number of pyridine rings is 1. The lowest BCUT2D eigenvalue weighted by Crippen LogP contribution is -2.70. The Kier molecular flexibility index (Phi) is 4.77. The molecule has 3 aliphatic carbocycles. The lowest BCUT2D eigenvalue weighted by molar-refractivity contribution is -0.337. The van der Waals surface area contributed by atoms with Crippen molar-refractivity contribution >= 4 is 17.1 Å². The highest BCUT2D eigenvalue weighted by Crippen LogP contribution is 2.78. The third-order valence-corrected chi connectivity index (χ3v) is 7.75. The summed E-state index contributed by atoms with van der Waals surface area (Å²) in [7, 11) is 1.56. The van der Waals surface area contributed by atoms with Crippen LogP contribution < -0.4 is 9.64 Å². The number of halogens is 3. The van der Waals surface area contributed by atoms with Gasteiger partial charge in [-0.1, -0.05) is 0 Å². The fourth-order valence-electron chi connectivity index (χ4n) is 5.72. The maximum absolute atomic E-state index is 13.6. The highest BCUT2D eigenvalue weighted by Gasteiger charge is 2.79. The Morgan fingerprint density at radius 1 is 1.09 bits per heavy atom. The minimum Gasteiger partial charge on any atom is -0.481 e. The Bertz CT molecular complexity index is 1310. The SMILES string of the molecule is COc1cc(C2CN(c3nc(C45CC(C(F)(F)F)(C4)C5)c4nc(C)c(C)nc4n3)CCO2)ccn1. The number of alkyl halides is 3. The quantitative estimate of drug-likeness (QED) is 0.547. The van der Waals surface area contributed by atoms with Crippen LogP contribution in [0.2, 0.25) is 0 Å². The Morgan fingerprint density at radius 2 is 1.83 bits per heavy atom. The van der Waals surface area contributed by atoms with Crippen molar-refractivity contribution in [1.29, 1.82) is 0 Å². The number of hydrogen-bond donors (Lipinski definition) is 0. The van der Waals surface area contributed by atoms with Gasteiger partial charge in [-0.05, 0) is 44.7 Å². The first-order valence-corrected chi connectivity index (χ1v) is 11.6. The van der Waals surface area contributed by atoms with Gasteiger partial charge in [0, 0.05) is 24.2 Å². The maximum Gasteiger partial charge on any atom is 0.394 e. The second kappa shape index (κ2) is 7.46. The number of ether oxygens (including phenoxy) is 2. The first-order chi connectivity index (χ1) is 16.6. The number of fused-ring (bicyclic) bond motifs is 1. The molecule has 1 saturated heterocycles. The molecule has 8 nitrogen and oxygen atoms in total. The van der Waals surface area contributed by atoms with Gasteiger partial charge in [0.2, 0.25) is 11.8 Å². The van der Waals surface area contributed by atoms with Gasteiger partial charge in [0.15, 0.2) is 5.65 Å². The monoisotopic (exact) mass is 486 g/mol. The number of rotatable bonds is 4. The zero-order valence-electron chi connectivity index (χ0n) is 19.7. The van der Waals surface area contributed by atoms with Gasteiger partial charge in [-0.15, -0.1) is 0 Å². The van der Waals surface area contributed by atoms with Gasteiger partial charge < -0.3 is 14.4 Å². The summed E-state index contributed by atoms with van der Waals surface area (Å²) in [4.78, 5) is 25.0. The van der Waals surface area contributed by atoms with Crippen LogP contribution in [-0.4, -0.2) is 57.9 Å². The number of methoxy groups -OCH3 is 1. The van der Waals surface area contributed by atoms with Crippen LogP contribution in [-0.2, 0) is 10.2 Å². The van der Waals surface area contributed by atoms with Gasteiger partial charge in [0.25, 0.3) is 0 Å². The summed E-state index contributed by atoms with van der Waals surface area (Å²) in [5, 5.41) is 0. The highest BCUT2D eigenvalue weighted by atomic mass is 19.4. The first kappa shape index (κ1) is 22.4. The molecular weight excluding hydrogens is 461 g/mol. The van der Waals surface area contributed by atoms with Crippen LogP contribution in [0.4, 0.5) is 19.1 Å². The van der Waals surface area contributed by atoms with Crippen LogP contribution in [0, 0.1) is 19.3 Å². The van der Waals surface area contributed by atoms with Crippen molar-refractivity contribution in [2.24, 2.45) is 5.41 Å². The Balaban J connectivity index is 1.37. The molecule has 1 unspecified atom stereocenters. The van der Waals surface area contributed by atoms with Crippen LogP contribution in [0.5, 0.6) is 5.88 Å². The molecule has 3 aromatic rings. The van der Waals surface area contributed by atoms with Gasteiger partial charge in [-0.25, -0.2) is 19.9 Å². The summed E-state index contributed by atoms with van der Waals surface area (Å²) < 4.78 is 51.9. The van der Waals surface area contributed by atoms with Crippen molar-refractivity contribution in [2.75, 3.05) is 31.7 Å². The molecule has 1 aliphatic heterocycles. The van der Waals surface area contributed by atoms with E-state index in [1.807, 2.05) is 30.9 Å². The molecule has 2 bridgehead atoms. The summed E-state index contributed by atoms with van der Waals surface area (Å²) in [5.41, 5.74) is 1.71. The molecule has 1 atom stereocenters. The van der Waals surface area contributed by atoms with E-state index < -0.39 is 17.0 Å². The highest BCUT2D eigenvalue weighted by molar-refractivity contribution is 5.77. The van der Waals surface area contributed by atoms with Crippen molar-refractivity contribution < 1.29 is 22.6 Å². The topological polar surface area (TPSA) is 86.2 Å². The van der Waals surface area contributed by atoms with E-state index in [2.05, 4.69) is 15.0 Å². The number of nitrogens with zero attached hydrogens (tertiary/aromatic N) is 6. The Labute approximate surface area is 199 Å². The molecule has 0 amide bonds. The molecule has 184 valence electrons. The van der Waals surface area contributed by atoms with E-state index in [0.717, 1.165) is 17.0 Å². The normalized spacial score (nSPS) is 27.9. The smallest absolute Gasteiger partial charge is 0.394 e. The minimum atomic E-state index is -4.19. The predicted molar refractivity (Wildman–Crippen MR) is 120 cm³/mol. The molecule has 0 spiro atoms. The average molecular weight is 486 g/mol. The van der Waals surface area contributed by atoms with Crippen LogP contribution in [0.1, 0.15) is 48.0 Å². The third kappa shape index (κ3) is 3.35. The predicted octanol–water partition coefficient (Wildman–Crippen LogP) is 4.00. The van der Waals surface area contributed by atoms with Crippen molar-refractivity contribution in [3.63, 3.8) is 0 Å². The molecule has 7 rings (SSSR count). The molecule has 4 fully saturated rings. The van der Waals surface area contributed by atoms with E-state index in [4.69, 9.17) is 19.4 Å². The lowest BCUT2D eigenvalue weighted by Gasteiger charge is -2.70. The fourth-order valence-corrected chi connectivity index (χ4v) is 5.72. The second-order valence-corrected chi connectivity index (χ2v) is 9.96. The fraction of sp³-hybridized carbons (Fsp3) is 0.542. The standard InChI is InChI=1S/C24H25F3N6O2/c1-13-14(2)30-20-18(29-13)19(22-10-23(11-22,12-22)24(25,26)27)31-21(32-20)33-6-7-35-16(9-33)15-4-5-28-17(8-15)34-3/h4-5,8,16H,6-7,9-12H2,1-3H3. The summed E-state index contributed by atoms with van der Waals surface area (Å²) in [5.74, 6) is 0.945. The zero-order valence-corrected chi connectivity index (χ0v) is 19.7. The summed E-state index contributed by atoms with van der Waals surface area (Å²) in [6.07, 6.45) is -2.63. The van der Waals surface area contributed by atoms with Crippen LogP contribution >= 0.6 is 0 Å². The van der Waals surface area contributed by atoms with E-state index in [1.54, 1.807) is 13.3 Å². The second-order valence-electron chi connectivity index (χ2n) is 9.96. The molecule has 0 N–H and O–H groups in total. The lowest BCUT2D eigenvalue weighted by atomic mass is 9.34. The van der Waals surface area contributed by atoms with E-state index in [9.17, 15) is 13.2 Å². The van der Waals surface area contributed by atoms with Crippen LogP contribution in [0.3, 0.4) is 0 Å². The van der Waals surface area contributed by atoms with Crippen molar-refractivity contribution in [3.05, 3.63) is 41.0 Å². The van der Waals surface area contributed by atoms with Gasteiger partial charge in [0.05, 0.1) is 42.8 Å². The third-order valence-electron chi connectivity index (χ3n) is 7.75. The van der Waals surface area contributed by atoms with E-state index in [0.29, 0.717) is 48.4 Å². The molecule has 3 aromatic heterocycles. The Morgan fingerprint density at radius 3 is 2.54 bits per heavy atom. The van der Waals surface area contributed by atoms with Crippen molar-refractivity contribution in [1.82, 2.24) is 24.9 Å². The number of hydrogen-bond acceptors (Lipinski definition) is 8. The molecule has 11 heteroatoms. The molecular formula is C24H25F3N6O2. The number of morpholine rings is 1. The van der Waals surface area contributed by atoms with Gasteiger partial charge in [-0.3, -0.25) is 0 Å². The summed E-state index contributed by atoms with van der Waals surface area (Å²) in [6.45, 7) is 5.18. The Hall–Kier alpha value is -3.08. The molecule has 4 aliphatic rings. The van der Waals surface area contributed by atoms with Crippen LogP contribution in [0.15, 0.2) is 18.3 Å². The average Bonchev–Trinajstić information content (AvgIpc) is 2.77. The minimum absolute atomic E-state index is 0.0478. The molecule has 3 saturated carbocycles. The van der Waals surface area contributed by atoms with Gasteiger partial charge >= 0.3 is 6.18 Å². The maximum atomic E-state index is 13.6. The number of aromatic nitrogens is 5. The van der Waals surface area contributed by atoms with E-state index in [-0.39, 0.29) is 25.4 Å². The van der Waals surface area contributed by atoms with E-state index >= 15 is 0 Å². The number of anilines is 1. The molecule has 0 radical (unpaired) electrons. The molecule has 0 aromatic carbocycles. The zero-order chi connectivity index (χ0) is 24.6. The van der Waals surface area contributed by atoms with Gasteiger partial charge in [0.1, 0.15) is 11.6 Å². The summed E-state index contributed by atoms with van der Waals surface area (Å²) in [6, 6.07) is 3.70. The summed E-state index contributed by atoms with van der Waals surface area (Å²) >= 11 is 0. The number of aryl methyl sites for hydroxylation is 2. The molecule has 35 heavy (non-hydrogen) atoms. The van der Waals surface area contributed by atoms with Crippen molar-refractivity contribution in [2.45, 2.75) is 50.8 Å².